The van der Waals surface area contributed by atoms with Gasteiger partial charge in [-0.25, -0.2) is 10.1 Å². The minimum atomic E-state index is -0.432. The highest BCUT2D eigenvalue weighted by atomic mass is 32.1. The second-order valence-corrected chi connectivity index (χ2v) is 7.26. The van der Waals surface area contributed by atoms with Gasteiger partial charge in [-0.1, -0.05) is 25.1 Å². The Morgan fingerprint density at radius 2 is 1.96 bits per heavy atom. The van der Waals surface area contributed by atoms with Gasteiger partial charge in [-0.05, 0) is 38.5 Å². The molecule has 2 heterocycles. The van der Waals surface area contributed by atoms with Crippen molar-refractivity contribution in [3.8, 4) is 0 Å². The second kappa shape index (κ2) is 7.61. The Hall–Kier alpha value is -2.80. The van der Waals surface area contributed by atoms with Crippen LogP contribution in [-0.2, 0) is 6.54 Å². The van der Waals surface area contributed by atoms with E-state index in [2.05, 4.69) is 15.6 Å². The minimum absolute atomic E-state index is 0.187. The van der Waals surface area contributed by atoms with Crippen LogP contribution in [0.5, 0.6) is 0 Å². The molecule has 0 saturated heterocycles. The topological polar surface area (TPSA) is 76.3 Å². The lowest BCUT2D eigenvalue weighted by Crippen LogP contribution is -2.29. The molecule has 26 heavy (non-hydrogen) atoms. The Morgan fingerprint density at radius 3 is 2.62 bits per heavy atom. The van der Waals surface area contributed by atoms with Crippen molar-refractivity contribution in [2.45, 2.75) is 33.7 Å². The maximum Gasteiger partial charge on any atom is 0.292 e. The van der Waals surface area contributed by atoms with Crippen LogP contribution >= 0.6 is 11.3 Å². The summed E-state index contributed by atoms with van der Waals surface area (Å²) in [7, 11) is 0. The number of fused-ring (bicyclic) bond motifs is 1. The van der Waals surface area contributed by atoms with Gasteiger partial charge in [0.05, 0.1) is 16.0 Å². The summed E-state index contributed by atoms with van der Waals surface area (Å²) in [6, 6.07) is 11.0. The third kappa shape index (κ3) is 3.57. The first-order chi connectivity index (χ1) is 12.5. The van der Waals surface area contributed by atoms with Crippen molar-refractivity contribution in [1.29, 1.82) is 0 Å². The fourth-order valence-corrected chi connectivity index (χ4v) is 3.45. The Balaban J connectivity index is 1.97. The van der Waals surface area contributed by atoms with Gasteiger partial charge in [0.2, 0.25) is 0 Å². The standard InChI is InChI=1S/C19H20N4O2S/c1-4-11-23-19(25)15-8-6-5-7-14(15)17(22-23)18(24)21-20-13(3)16-10-9-12(2)26-16/h5-10H,4,11H2,1-3H3,(H,21,24)/b20-13-. The molecule has 0 aliphatic rings. The van der Waals surface area contributed by atoms with Crippen LogP contribution in [0.15, 0.2) is 46.3 Å². The number of amides is 1. The van der Waals surface area contributed by atoms with Crippen molar-refractivity contribution >= 4 is 33.7 Å². The number of aromatic nitrogens is 2. The lowest BCUT2D eigenvalue weighted by atomic mass is 10.1. The van der Waals surface area contributed by atoms with Crippen molar-refractivity contribution < 1.29 is 4.79 Å². The molecule has 0 atom stereocenters. The summed E-state index contributed by atoms with van der Waals surface area (Å²) < 4.78 is 1.34. The molecular formula is C19H20N4O2S. The summed E-state index contributed by atoms with van der Waals surface area (Å²) in [4.78, 5) is 27.3. The molecule has 2 aromatic heterocycles. The van der Waals surface area contributed by atoms with Crippen LogP contribution in [0.25, 0.3) is 10.8 Å². The van der Waals surface area contributed by atoms with Gasteiger partial charge in [-0.15, -0.1) is 11.3 Å². The summed E-state index contributed by atoms with van der Waals surface area (Å²) in [5, 5.41) is 9.47. The highest BCUT2D eigenvalue weighted by Gasteiger charge is 2.16. The van der Waals surface area contributed by atoms with Crippen molar-refractivity contribution in [3.63, 3.8) is 0 Å². The van der Waals surface area contributed by atoms with Gasteiger partial charge in [-0.2, -0.15) is 10.2 Å². The van der Waals surface area contributed by atoms with Crippen LogP contribution in [0.4, 0.5) is 0 Å². The molecule has 0 aliphatic heterocycles. The highest BCUT2D eigenvalue weighted by molar-refractivity contribution is 7.14. The molecule has 134 valence electrons. The van der Waals surface area contributed by atoms with Crippen molar-refractivity contribution in [1.82, 2.24) is 15.2 Å². The number of carbonyl (C=O) groups is 1. The molecule has 1 N–H and O–H groups in total. The zero-order valence-electron chi connectivity index (χ0n) is 14.9. The van der Waals surface area contributed by atoms with Crippen LogP contribution < -0.4 is 11.0 Å². The average molecular weight is 368 g/mol. The van der Waals surface area contributed by atoms with E-state index in [1.54, 1.807) is 35.6 Å². The van der Waals surface area contributed by atoms with Gasteiger partial charge in [0.1, 0.15) is 0 Å². The summed E-state index contributed by atoms with van der Waals surface area (Å²) in [5.74, 6) is -0.432. The molecule has 0 unspecified atom stereocenters. The van der Waals surface area contributed by atoms with E-state index in [-0.39, 0.29) is 11.3 Å². The summed E-state index contributed by atoms with van der Waals surface area (Å²) in [6.07, 6.45) is 0.751. The van der Waals surface area contributed by atoms with E-state index in [4.69, 9.17) is 0 Å². The predicted octanol–water partition coefficient (Wildman–Crippen LogP) is 3.33. The van der Waals surface area contributed by atoms with Gasteiger partial charge >= 0.3 is 0 Å². The predicted molar refractivity (Wildman–Crippen MR) is 105 cm³/mol. The number of nitrogens with zero attached hydrogens (tertiary/aromatic N) is 3. The van der Waals surface area contributed by atoms with Crippen molar-refractivity contribution in [3.05, 3.63) is 62.2 Å². The fraction of sp³-hybridized carbons (Fsp3) is 0.263. The lowest BCUT2D eigenvalue weighted by molar-refractivity contribution is 0.0949. The van der Waals surface area contributed by atoms with Gasteiger partial charge < -0.3 is 0 Å². The summed E-state index contributed by atoms with van der Waals surface area (Å²) in [5.41, 5.74) is 3.30. The molecule has 7 heteroatoms. The minimum Gasteiger partial charge on any atom is -0.267 e. The molecule has 3 aromatic rings. The summed E-state index contributed by atoms with van der Waals surface area (Å²) >= 11 is 1.61. The van der Waals surface area contributed by atoms with Gasteiger partial charge in [0.15, 0.2) is 5.69 Å². The number of nitrogens with one attached hydrogen (secondary N) is 1. The molecule has 0 fully saturated rings. The SMILES string of the molecule is CCCn1nc(C(=O)N/N=C(/C)c2ccc(C)s2)c2ccccc2c1=O. The third-order valence-electron chi connectivity index (χ3n) is 3.94. The monoisotopic (exact) mass is 368 g/mol. The van der Waals surface area contributed by atoms with Crippen molar-refractivity contribution in [2.75, 3.05) is 0 Å². The Morgan fingerprint density at radius 1 is 1.23 bits per heavy atom. The number of aryl methyl sites for hydroxylation is 2. The molecule has 0 bridgehead atoms. The molecule has 1 aromatic carbocycles. The third-order valence-corrected chi connectivity index (χ3v) is 5.05. The molecule has 0 saturated carbocycles. The zero-order chi connectivity index (χ0) is 18.7. The molecule has 0 aliphatic carbocycles. The van der Waals surface area contributed by atoms with Crippen LogP contribution in [0, 0.1) is 6.92 Å². The molecule has 0 spiro atoms. The van der Waals surface area contributed by atoms with E-state index in [1.807, 2.05) is 32.9 Å². The lowest BCUT2D eigenvalue weighted by Gasteiger charge is -2.09. The number of carbonyl (C=O) groups excluding carboxylic acids is 1. The second-order valence-electron chi connectivity index (χ2n) is 5.97. The first kappa shape index (κ1) is 18.0. The van der Waals surface area contributed by atoms with Crippen LogP contribution in [0.3, 0.4) is 0 Å². The van der Waals surface area contributed by atoms with Gasteiger partial charge in [-0.3, -0.25) is 9.59 Å². The van der Waals surface area contributed by atoms with Crippen LogP contribution in [0.2, 0.25) is 0 Å². The van der Waals surface area contributed by atoms with Crippen LogP contribution in [0.1, 0.15) is 40.5 Å². The number of hydrogen-bond donors (Lipinski definition) is 1. The molecule has 1 amide bonds. The fourth-order valence-electron chi connectivity index (χ4n) is 2.64. The van der Waals surface area contributed by atoms with Crippen molar-refractivity contribution in [2.24, 2.45) is 5.10 Å². The van der Waals surface area contributed by atoms with Gasteiger partial charge in [0.25, 0.3) is 11.5 Å². The molecule has 3 rings (SSSR count). The average Bonchev–Trinajstić information content (AvgIpc) is 3.08. The van der Waals surface area contributed by atoms with E-state index in [1.165, 1.54) is 9.56 Å². The quantitative estimate of drug-likeness (QED) is 0.554. The van der Waals surface area contributed by atoms with E-state index in [0.29, 0.717) is 17.3 Å². The van der Waals surface area contributed by atoms with E-state index in [9.17, 15) is 9.59 Å². The van der Waals surface area contributed by atoms with E-state index < -0.39 is 5.91 Å². The Kier molecular flexibility index (Phi) is 5.27. The molecule has 6 nitrogen and oxygen atoms in total. The summed E-state index contributed by atoms with van der Waals surface area (Å²) in [6.45, 7) is 6.28. The van der Waals surface area contributed by atoms with Crippen LogP contribution in [-0.4, -0.2) is 21.4 Å². The maximum absolute atomic E-state index is 12.7. The highest BCUT2D eigenvalue weighted by Crippen LogP contribution is 2.16. The Bertz CT molecular complexity index is 1050. The first-order valence-electron chi connectivity index (χ1n) is 8.42. The number of hydrogen-bond acceptors (Lipinski definition) is 5. The largest absolute Gasteiger partial charge is 0.292 e. The van der Waals surface area contributed by atoms with Gasteiger partial charge in [0, 0.05) is 16.8 Å². The normalized spacial score (nSPS) is 11.7. The first-order valence-corrected chi connectivity index (χ1v) is 9.24. The maximum atomic E-state index is 12.7. The Labute approximate surface area is 155 Å². The van der Waals surface area contributed by atoms with E-state index in [0.717, 1.165) is 17.0 Å². The number of rotatable bonds is 5. The zero-order valence-corrected chi connectivity index (χ0v) is 15.8. The number of hydrazone groups is 1. The van der Waals surface area contributed by atoms with E-state index >= 15 is 0 Å². The molecular weight excluding hydrogens is 348 g/mol. The smallest absolute Gasteiger partial charge is 0.267 e. The number of thiophene rings is 1. The molecule has 0 radical (unpaired) electrons. The number of benzene rings is 1.